The largest absolute Gasteiger partial charge is 0.389 e. The minimum atomic E-state index is -0.332. The summed E-state index contributed by atoms with van der Waals surface area (Å²) in [5, 5.41) is 3.28. The number of rotatable bonds is 4. The lowest BCUT2D eigenvalue weighted by atomic mass is 10.0. The summed E-state index contributed by atoms with van der Waals surface area (Å²) in [7, 11) is 0. The van der Waals surface area contributed by atoms with Gasteiger partial charge in [0.1, 0.15) is 10.8 Å². The molecule has 0 aliphatic carbocycles. The molecule has 1 saturated heterocycles. The summed E-state index contributed by atoms with van der Waals surface area (Å²) in [5.41, 5.74) is 6.93. The van der Waals surface area contributed by atoms with Crippen molar-refractivity contribution < 1.29 is 9.13 Å². The van der Waals surface area contributed by atoms with Crippen LogP contribution in [0.25, 0.3) is 0 Å². The van der Waals surface area contributed by atoms with Gasteiger partial charge in [-0.3, -0.25) is 0 Å². The molecule has 1 fully saturated rings. The summed E-state index contributed by atoms with van der Waals surface area (Å²) in [6, 6.07) is 4.43. The molecule has 0 spiro atoms. The van der Waals surface area contributed by atoms with Crippen LogP contribution in [0.5, 0.6) is 0 Å². The summed E-state index contributed by atoms with van der Waals surface area (Å²) < 4.78 is 18.6. The van der Waals surface area contributed by atoms with Crippen molar-refractivity contribution in [2.75, 3.05) is 18.5 Å². The Morgan fingerprint density at radius 3 is 3.00 bits per heavy atom. The predicted octanol–water partition coefficient (Wildman–Crippen LogP) is 2.30. The summed E-state index contributed by atoms with van der Waals surface area (Å²) in [4.78, 5) is 0.202. The zero-order valence-electron chi connectivity index (χ0n) is 10.3. The predicted molar refractivity (Wildman–Crippen MR) is 74.3 cm³/mol. The Labute approximate surface area is 112 Å². The van der Waals surface area contributed by atoms with E-state index in [4.69, 9.17) is 22.7 Å². The molecule has 2 atom stereocenters. The molecular weight excluding hydrogens is 251 g/mol. The molecule has 5 heteroatoms. The molecule has 2 unspecified atom stereocenters. The van der Waals surface area contributed by atoms with Crippen LogP contribution in [0.15, 0.2) is 18.2 Å². The van der Waals surface area contributed by atoms with Gasteiger partial charge < -0.3 is 15.8 Å². The molecule has 18 heavy (non-hydrogen) atoms. The highest BCUT2D eigenvalue weighted by molar-refractivity contribution is 7.80. The number of nitrogens with two attached hydrogens (primary N) is 1. The lowest BCUT2D eigenvalue weighted by molar-refractivity contribution is 0.108. The fourth-order valence-corrected chi connectivity index (χ4v) is 2.33. The zero-order valence-corrected chi connectivity index (χ0v) is 11.1. The van der Waals surface area contributed by atoms with Crippen LogP contribution in [0, 0.1) is 11.7 Å². The van der Waals surface area contributed by atoms with Crippen molar-refractivity contribution in [3.63, 3.8) is 0 Å². The molecule has 3 N–H and O–H groups in total. The molecule has 0 radical (unpaired) electrons. The Bertz CT molecular complexity index is 453. The van der Waals surface area contributed by atoms with Gasteiger partial charge in [-0.05, 0) is 31.5 Å². The third-order valence-electron chi connectivity index (χ3n) is 3.34. The molecule has 3 nitrogen and oxygen atoms in total. The molecule has 1 aliphatic heterocycles. The lowest BCUT2D eigenvalue weighted by Gasteiger charge is -2.17. The van der Waals surface area contributed by atoms with Crippen LogP contribution in [0.2, 0.25) is 0 Å². The molecule has 1 aromatic carbocycles. The Morgan fingerprint density at radius 2 is 2.39 bits per heavy atom. The van der Waals surface area contributed by atoms with E-state index in [9.17, 15) is 4.39 Å². The summed E-state index contributed by atoms with van der Waals surface area (Å²) >= 11 is 4.93. The van der Waals surface area contributed by atoms with Crippen LogP contribution >= 0.6 is 12.2 Å². The van der Waals surface area contributed by atoms with Gasteiger partial charge in [0.05, 0.1) is 6.10 Å². The molecule has 98 valence electrons. The first-order chi connectivity index (χ1) is 8.58. The van der Waals surface area contributed by atoms with E-state index in [1.54, 1.807) is 6.07 Å². The first-order valence-electron chi connectivity index (χ1n) is 6.02. The zero-order chi connectivity index (χ0) is 13.1. The maximum atomic E-state index is 13.1. The third kappa shape index (κ3) is 2.97. The van der Waals surface area contributed by atoms with Crippen molar-refractivity contribution in [3.05, 3.63) is 29.6 Å². The molecule has 1 aromatic rings. The Hall–Kier alpha value is -1.20. The van der Waals surface area contributed by atoms with E-state index in [0.29, 0.717) is 11.5 Å². The molecule has 0 bridgehead atoms. The topological polar surface area (TPSA) is 47.3 Å². The van der Waals surface area contributed by atoms with E-state index < -0.39 is 0 Å². The number of benzene rings is 1. The van der Waals surface area contributed by atoms with Crippen LogP contribution in [-0.4, -0.2) is 24.2 Å². The van der Waals surface area contributed by atoms with Crippen LogP contribution in [0.1, 0.15) is 18.9 Å². The van der Waals surface area contributed by atoms with Crippen LogP contribution in [0.3, 0.4) is 0 Å². The number of nitrogens with one attached hydrogen (secondary N) is 1. The SMILES string of the molecule is CC1OCCC1CNc1ccc(F)cc1C(N)=S. The third-order valence-corrected chi connectivity index (χ3v) is 3.55. The molecule has 0 saturated carbocycles. The van der Waals surface area contributed by atoms with E-state index in [0.717, 1.165) is 25.3 Å². The maximum absolute atomic E-state index is 13.1. The van der Waals surface area contributed by atoms with Crippen molar-refractivity contribution in [1.82, 2.24) is 0 Å². The normalized spacial score (nSPS) is 23.0. The average molecular weight is 268 g/mol. The van der Waals surface area contributed by atoms with Crippen molar-refractivity contribution >= 4 is 22.9 Å². The van der Waals surface area contributed by atoms with Gasteiger partial charge in [0.25, 0.3) is 0 Å². The summed E-state index contributed by atoms with van der Waals surface area (Å²) in [6.45, 7) is 3.65. The van der Waals surface area contributed by atoms with Crippen molar-refractivity contribution in [1.29, 1.82) is 0 Å². The smallest absolute Gasteiger partial charge is 0.124 e. The molecule has 1 heterocycles. The van der Waals surface area contributed by atoms with Crippen molar-refractivity contribution in [2.45, 2.75) is 19.4 Å². The highest BCUT2D eigenvalue weighted by atomic mass is 32.1. The van der Waals surface area contributed by atoms with Crippen LogP contribution in [0.4, 0.5) is 10.1 Å². The first kappa shape index (κ1) is 13.2. The quantitative estimate of drug-likeness (QED) is 0.823. The Balaban J connectivity index is 2.06. The number of hydrogen-bond donors (Lipinski definition) is 2. The van der Waals surface area contributed by atoms with Gasteiger partial charge in [0.2, 0.25) is 0 Å². The Kier molecular flexibility index (Phi) is 4.14. The van der Waals surface area contributed by atoms with Crippen molar-refractivity contribution in [3.8, 4) is 0 Å². The highest BCUT2D eigenvalue weighted by Gasteiger charge is 2.24. The number of thiocarbonyl (C=S) groups is 1. The van der Waals surface area contributed by atoms with Gasteiger partial charge in [-0.25, -0.2) is 4.39 Å². The van der Waals surface area contributed by atoms with E-state index in [2.05, 4.69) is 12.2 Å². The van der Waals surface area contributed by atoms with Gasteiger partial charge >= 0.3 is 0 Å². The minimum Gasteiger partial charge on any atom is -0.389 e. The first-order valence-corrected chi connectivity index (χ1v) is 6.43. The fraction of sp³-hybridized carbons (Fsp3) is 0.462. The van der Waals surface area contributed by atoms with Gasteiger partial charge in [-0.2, -0.15) is 0 Å². The molecule has 0 aromatic heterocycles. The van der Waals surface area contributed by atoms with Gasteiger partial charge in [0.15, 0.2) is 0 Å². The molecule has 1 aliphatic rings. The summed E-state index contributed by atoms with van der Waals surface area (Å²) in [5.74, 6) is 0.134. The van der Waals surface area contributed by atoms with Crippen molar-refractivity contribution in [2.24, 2.45) is 11.7 Å². The molecular formula is C13H17FN2OS. The number of anilines is 1. The van der Waals surface area contributed by atoms with Crippen LogP contribution < -0.4 is 11.1 Å². The van der Waals surface area contributed by atoms with E-state index in [1.807, 2.05) is 0 Å². The number of hydrogen-bond acceptors (Lipinski definition) is 3. The highest BCUT2D eigenvalue weighted by Crippen LogP contribution is 2.23. The van der Waals surface area contributed by atoms with E-state index in [-0.39, 0.29) is 16.9 Å². The van der Waals surface area contributed by atoms with Gasteiger partial charge in [-0.1, -0.05) is 12.2 Å². The number of halogens is 1. The van der Waals surface area contributed by atoms with E-state index in [1.165, 1.54) is 12.1 Å². The standard InChI is InChI=1S/C13H17FN2OS/c1-8-9(4-5-17-8)7-16-12-3-2-10(14)6-11(12)13(15)18/h2-3,6,8-9,16H,4-5,7H2,1H3,(H2,15,18). The maximum Gasteiger partial charge on any atom is 0.124 e. The van der Waals surface area contributed by atoms with Crippen LogP contribution in [-0.2, 0) is 4.74 Å². The second kappa shape index (κ2) is 5.63. The number of ether oxygens (including phenoxy) is 1. The fourth-order valence-electron chi connectivity index (χ4n) is 2.16. The second-order valence-electron chi connectivity index (χ2n) is 4.56. The molecule has 0 amide bonds. The average Bonchev–Trinajstić information content (AvgIpc) is 2.73. The second-order valence-corrected chi connectivity index (χ2v) is 5.00. The van der Waals surface area contributed by atoms with Gasteiger partial charge in [0, 0.05) is 30.3 Å². The monoisotopic (exact) mass is 268 g/mol. The lowest BCUT2D eigenvalue weighted by Crippen LogP contribution is -2.22. The Morgan fingerprint density at radius 1 is 1.61 bits per heavy atom. The van der Waals surface area contributed by atoms with E-state index >= 15 is 0 Å². The minimum absolute atomic E-state index is 0.202. The molecule has 2 rings (SSSR count). The van der Waals surface area contributed by atoms with Gasteiger partial charge in [-0.15, -0.1) is 0 Å². The summed E-state index contributed by atoms with van der Waals surface area (Å²) in [6.07, 6.45) is 1.30.